The standard InChI is InChI=1S/C11H18O/c1-11(2,3)7-6-10-5-4-8-12-9-10/h10H,4-5,8-9H2,1-3H3. The molecule has 0 radical (unpaired) electrons. The summed E-state index contributed by atoms with van der Waals surface area (Å²) in [5.41, 5.74) is 0.136. The van der Waals surface area contributed by atoms with Gasteiger partial charge in [-0.25, -0.2) is 0 Å². The first-order valence-corrected chi connectivity index (χ1v) is 4.68. The van der Waals surface area contributed by atoms with Crippen LogP contribution < -0.4 is 0 Å². The molecule has 1 heteroatoms. The van der Waals surface area contributed by atoms with Gasteiger partial charge < -0.3 is 4.74 Å². The van der Waals surface area contributed by atoms with Gasteiger partial charge in [0, 0.05) is 17.9 Å². The van der Waals surface area contributed by atoms with Crippen LogP contribution in [-0.2, 0) is 4.74 Å². The molecule has 0 amide bonds. The van der Waals surface area contributed by atoms with Gasteiger partial charge in [-0.3, -0.25) is 0 Å². The van der Waals surface area contributed by atoms with Crippen LogP contribution in [0.3, 0.4) is 0 Å². The molecule has 0 N–H and O–H groups in total. The van der Waals surface area contributed by atoms with Crippen LogP contribution >= 0.6 is 0 Å². The topological polar surface area (TPSA) is 9.23 Å². The average molecular weight is 166 g/mol. The van der Waals surface area contributed by atoms with Crippen LogP contribution in [0.1, 0.15) is 33.6 Å². The van der Waals surface area contributed by atoms with Gasteiger partial charge in [-0.1, -0.05) is 11.8 Å². The van der Waals surface area contributed by atoms with Gasteiger partial charge in [-0.15, -0.1) is 0 Å². The first-order valence-electron chi connectivity index (χ1n) is 4.68. The van der Waals surface area contributed by atoms with Crippen LogP contribution in [0.15, 0.2) is 0 Å². The third kappa shape index (κ3) is 3.78. The third-order valence-electron chi connectivity index (χ3n) is 1.81. The molecule has 1 nitrogen and oxygen atoms in total. The van der Waals surface area contributed by atoms with Crippen molar-refractivity contribution in [1.82, 2.24) is 0 Å². The summed E-state index contributed by atoms with van der Waals surface area (Å²) < 4.78 is 5.34. The van der Waals surface area contributed by atoms with Crippen LogP contribution in [0.4, 0.5) is 0 Å². The molecule has 0 aliphatic carbocycles. The molecule has 0 saturated carbocycles. The van der Waals surface area contributed by atoms with E-state index in [2.05, 4.69) is 32.6 Å². The van der Waals surface area contributed by atoms with Gasteiger partial charge in [-0.05, 0) is 33.6 Å². The molecule has 1 atom stereocenters. The summed E-state index contributed by atoms with van der Waals surface area (Å²) in [5, 5.41) is 0. The Morgan fingerprint density at radius 2 is 2.08 bits per heavy atom. The Kier molecular flexibility index (Phi) is 3.17. The fourth-order valence-electron chi connectivity index (χ4n) is 1.17. The van der Waals surface area contributed by atoms with E-state index in [-0.39, 0.29) is 5.41 Å². The SMILES string of the molecule is CC(C)(C)C#CC1CCCOC1. The highest BCUT2D eigenvalue weighted by molar-refractivity contribution is 5.10. The number of rotatable bonds is 0. The molecular weight excluding hydrogens is 148 g/mol. The molecule has 68 valence electrons. The van der Waals surface area contributed by atoms with Crippen molar-refractivity contribution >= 4 is 0 Å². The van der Waals surface area contributed by atoms with Gasteiger partial charge in [0.1, 0.15) is 0 Å². The lowest BCUT2D eigenvalue weighted by Crippen LogP contribution is -2.16. The molecule has 1 saturated heterocycles. The molecule has 1 unspecified atom stereocenters. The molecule has 0 aromatic heterocycles. The van der Waals surface area contributed by atoms with Crippen molar-refractivity contribution in [1.29, 1.82) is 0 Å². The molecule has 1 fully saturated rings. The highest BCUT2D eigenvalue weighted by Gasteiger charge is 2.11. The van der Waals surface area contributed by atoms with E-state index in [0.29, 0.717) is 5.92 Å². The van der Waals surface area contributed by atoms with E-state index in [4.69, 9.17) is 4.74 Å². The zero-order valence-electron chi connectivity index (χ0n) is 8.31. The fourth-order valence-corrected chi connectivity index (χ4v) is 1.17. The maximum absolute atomic E-state index is 5.34. The molecule has 1 rings (SSSR count). The molecule has 0 aromatic carbocycles. The van der Waals surface area contributed by atoms with E-state index >= 15 is 0 Å². The van der Waals surface area contributed by atoms with E-state index in [1.54, 1.807) is 0 Å². The number of ether oxygens (including phenoxy) is 1. The fraction of sp³-hybridized carbons (Fsp3) is 0.818. The minimum atomic E-state index is 0.136. The van der Waals surface area contributed by atoms with Crippen LogP contribution in [0, 0.1) is 23.2 Å². The molecule has 12 heavy (non-hydrogen) atoms. The Hall–Kier alpha value is -0.480. The first kappa shape index (κ1) is 9.61. The minimum absolute atomic E-state index is 0.136. The van der Waals surface area contributed by atoms with E-state index in [9.17, 15) is 0 Å². The lowest BCUT2D eigenvalue weighted by molar-refractivity contribution is 0.0739. The Balaban J connectivity index is 2.41. The highest BCUT2D eigenvalue weighted by Crippen LogP contribution is 2.15. The van der Waals surface area contributed by atoms with Crippen LogP contribution in [0.25, 0.3) is 0 Å². The predicted molar refractivity (Wildman–Crippen MR) is 50.8 cm³/mol. The Morgan fingerprint density at radius 3 is 2.58 bits per heavy atom. The minimum Gasteiger partial charge on any atom is -0.380 e. The van der Waals surface area contributed by atoms with Crippen molar-refractivity contribution in [2.45, 2.75) is 33.6 Å². The summed E-state index contributed by atoms with van der Waals surface area (Å²) in [6.07, 6.45) is 2.38. The summed E-state index contributed by atoms with van der Waals surface area (Å²) in [7, 11) is 0. The monoisotopic (exact) mass is 166 g/mol. The molecule has 0 spiro atoms. The molecule has 1 heterocycles. The Morgan fingerprint density at radius 1 is 1.33 bits per heavy atom. The van der Waals surface area contributed by atoms with E-state index in [1.165, 1.54) is 12.8 Å². The maximum Gasteiger partial charge on any atom is 0.0603 e. The van der Waals surface area contributed by atoms with Crippen molar-refractivity contribution < 1.29 is 4.74 Å². The van der Waals surface area contributed by atoms with Gasteiger partial charge in [-0.2, -0.15) is 0 Å². The molecular formula is C11H18O. The highest BCUT2D eigenvalue weighted by atomic mass is 16.5. The summed E-state index contributed by atoms with van der Waals surface area (Å²) in [6, 6.07) is 0. The normalized spacial score (nSPS) is 24.4. The van der Waals surface area contributed by atoms with E-state index < -0.39 is 0 Å². The second-order valence-electron chi connectivity index (χ2n) is 4.43. The van der Waals surface area contributed by atoms with Crippen molar-refractivity contribution in [2.75, 3.05) is 13.2 Å². The molecule has 0 bridgehead atoms. The second-order valence-corrected chi connectivity index (χ2v) is 4.43. The van der Waals surface area contributed by atoms with Crippen molar-refractivity contribution in [2.24, 2.45) is 11.3 Å². The van der Waals surface area contributed by atoms with Crippen molar-refractivity contribution in [3.63, 3.8) is 0 Å². The quantitative estimate of drug-likeness (QED) is 0.502. The van der Waals surface area contributed by atoms with Gasteiger partial charge >= 0.3 is 0 Å². The van der Waals surface area contributed by atoms with E-state index in [0.717, 1.165) is 13.2 Å². The van der Waals surface area contributed by atoms with E-state index in [1.807, 2.05) is 0 Å². The number of hydrogen-bond acceptors (Lipinski definition) is 1. The zero-order chi connectivity index (χ0) is 9.03. The molecule has 0 aromatic rings. The largest absolute Gasteiger partial charge is 0.380 e. The molecule has 1 aliphatic rings. The van der Waals surface area contributed by atoms with Gasteiger partial charge in [0.05, 0.1) is 6.61 Å². The van der Waals surface area contributed by atoms with Crippen LogP contribution in [0.2, 0.25) is 0 Å². The average Bonchev–Trinajstić information content (AvgIpc) is 2.02. The summed E-state index contributed by atoms with van der Waals surface area (Å²) >= 11 is 0. The lowest BCUT2D eigenvalue weighted by Gasteiger charge is -2.17. The maximum atomic E-state index is 5.34. The summed E-state index contributed by atoms with van der Waals surface area (Å²) in [4.78, 5) is 0. The van der Waals surface area contributed by atoms with Crippen LogP contribution in [-0.4, -0.2) is 13.2 Å². The third-order valence-corrected chi connectivity index (χ3v) is 1.81. The number of hydrogen-bond donors (Lipinski definition) is 0. The zero-order valence-corrected chi connectivity index (χ0v) is 8.31. The second kappa shape index (κ2) is 3.96. The molecule has 1 aliphatic heterocycles. The van der Waals surface area contributed by atoms with Gasteiger partial charge in [0.15, 0.2) is 0 Å². The predicted octanol–water partition coefficient (Wildman–Crippen LogP) is 2.46. The summed E-state index contributed by atoms with van der Waals surface area (Å²) in [5.74, 6) is 7.03. The van der Waals surface area contributed by atoms with Crippen molar-refractivity contribution in [3.05, 3.63) is 0 Å². The first-order chi connectivity index (χ1) is 5.58. The van der Waals surface area contributed by atoms with Gasteiger partial charge in [0.25, 0.3) is 0 Å². The van der Waals surface area contributed by atoms with Crippen molar-refractivity contribution in [3.8, 4) is 11.8 Å². The Bertz CT molecular complexity index is 183. The lowest BCUT2D eigenvalue weighted by atomic mass is 9.95. The van der Waals surface area contributed by atoms with Gasteiger partial charge in [0.2, 0.25) is 0 Å². The Labute approximate surface area is 75.5 Å². The van der Waals surface area contributed by atoms with Crippen LogP contribution in [0.5, 0.6) is 0 Å². The smallest absolute Gasteiger partial charge is 0.0603 e. The summed E-state index contributed by atoms with van der Waals surface area (Å²) in [6.45, 7) is 8.19.